The second-order valence-electron chi connectivity index (χ2n) is 3.74. The number of thiazole rings is 1. The van der Waals surface area contributed by atoms with Gasteiger partial charge < -0.3 is 11.1 Å². The van der Waals surface area contributed by atoms with Gasteiger partial charge in [-0.05, 0) is 6.42 Å². The van der Waals surface area contributed by atoms with Crippen LogP contribution < -0.4 is 11.1 Å². The minimum atomic E-state index is -4.45. The Hall–Kier alpha value is -0.860. The van der Waals surface area contributed by atoms with E-state index in [1.54, 1.807) is 0 Å². The Balaban J connectivity index is 0.00000324. The van der Waals surface area contributed by atoms with Gasteiger partial charge in [-0.1, -0.05) is 13.3 Å². The highest BCUT2D eigenvalue weighted by Crippen LogP contribution is 2.29. The maximum Gasteiger partial charge on any atom is 0.434 e. The summed E-state index contributed by atoms with van der Waals surface area (Å²) in [6.45, 7) is 1.86. The van der Waals surface area contributed by atoms with E-state index in [0.717, 1.165) is 23.1 Å². The van der Waals surface area contributed by atoms with Crippen molar-refractivity contribution in [3.63, 3.8) is 0 Å². The average Bonchev–Trinajstić information content (AvgIpc) is 2.74. The second-order valence-corrected chi connectivity index (χ2v) is 4.68. The topological polar surface area (TPSA) is 68.0 Å². The molecule has 0 spiro atoms. The maximum absolute atomic E-state index is 12.3. The summed E-state index contributed by atoms with van der Waals surface area (Å²) in [5.41, 5.74) is 4.62. The van der Waals surface area contributed by atoms with Crippen molar-refractivity contribution in [3.8, 4) is 0 Å². The van der Waals surface area contributed by atoms with Gasteiger partial charge in [0.1, 0.15) is 5.01 Å². The Kier molecular flexibility index (Phi) is 7.32. The van der Waals surface area contributed by atoms with Gasteiger partial charge in [0, 0.05) is 5.38 Å². The number of amides is 1. The van der Waals surface area contributed by atoms with Gasteiger partial charge in [-0.25, -0.2) is 4.98 Å². The molecule has 1 heterocycles. The number of hydrogen-bond acceptors (Lipinski definition) is 4. The fraction of sp³-hybridized carbons (Fsp3) is 0.600. The lowest BCUT2D eigenvalue weighted by molar-refractivity contribution is -0.140. The highest BCUT2D eigenvalue weighted by molar-refractivity contribution is 7.09. The van der Waals surface area contributed by atoms with Gasteiger partial charge in [-0.2, -0.15) is 13.2 Å². The predicted octanol–water partition coefficient (Wildman–Crippen LogP) is 2.33. The van der Waals surface area contributed by atoms with Crippen molar-refractivity contribution in [3.05, 3.63) is 16.1 Å². The van der Waals surface area contributed by atoms with Crippen LogP contribution in [-0.2, 0) is 17.5 Å². The Bertz CT molecular complexity index is 411. The van der Waals surface area contributed by atoms with Crippen LogP contribution in [0, 0.1) is 0 Å². The number of hydrogen-bond donors (Lipinski definition) is 2. The SMILES string of the molecule is CCCC(N)C(=O)NCc1nc(C(F)(F)F)cs1.Cl. The van der Waals surface area contributed by atoms with Crippen molar-refractivity contribution >= 4 is 29.7 Å². The third-order valence-corrected chi connectivity index (χ3v) is 3.04. The van der Waals surface area contributed by atoms with Crippen molar-refractivity contribution in [1.29, 1.82) is 0 Å². The normalized spacial score (nSPS) is 12.7. The molecule has 3 N–H and O–H groups in total. The number of aromatic nitrogens is 1. The van der Waals surface area contributed by atoms with Gasteiger partial charge >= 0.3 is 6.18 Å². The van der Waals surface area contributed by atoms with Gasteiger partial charge in [-0.3, -0.25) is 4.79 Å². The lowest BCUT2D eigenvalue weighted by Gasteiger charge is -2.09. The second kappa shape index (κ2) is 7.66. The van der Waals surface area contributed by atoms with Crippen LogP contribution in [0.2, 0.25) is 0 Å². The summed E-state index contributed by atoms with van der Waals surface area (Å²) < 4.78 is 36.8. The molecule has 1 amide bonds. The number of nitrogens with one attached hydrogen (secondary N) is 1. The number of carbonyl (C=O) groups is 1. The van der Waals surface area contributed by atoms with Gasteiger partial charge in [0.2, 0.25) is 5.91 Å². The summed E-state index contributed by atoms with van der Waals surface area (Å²) in [6.07, 6.45) is -3.14. The molecule has 1 aromatic heterocycles. The fourth-order valence-electron chi connectivity index (χ4n) is 1.26. The third kappa shape index (κ3) is 5.75. The molecule has 1 atom stereocenters. The molecular weight excluding hydrogens is 303 g/mol. The van der Waals surface area contributed by atoms with Crippen LogP contribution in [0.4, 0.5) is 13.2 Å². The molecule has 0 fully saturated rings. The van der Waals surface area contributed by atoms with E-state index < -0.39 is 17.9 Å². The van der Waals surface area contributed by atoms with Crippen LogP contribution in [0.25, 0.3) is 0 Å². The first-order valence-electron chi connectivity index (χ1n) is 5.39. The van der Waals surface area contributed by atoms with E-state index in [4.69, 9.17) is 5.73 Å². The first kappa shape index (κ1) is 18.1. The molecule has 4 nitrogen and oxygen atoms in total. The molecule has 0 aliphatic heterocycles. The van der Waals surface area contributed by atoms with E-state index in [0.29, 0.717) is 6.42 Å². The number of carbonyl (C=O) groups excluding carboxylic acids is 1. The summed E-state index contributed by atoms with van der Waals surface area (Å²) >= 11 is 0.857. The van der Waals surface area contributed by atoms with E-state index in [1.165, 1.54) is 0 Å². The van der Waals surface area contributed by atoms with Gasteiger partial charge in [-0.15, -0.1) is 23.7 Å². The molecular formula is C10H15ClF3N3OS. The largest absolute Gasteiger partial charge is 0.434 e. The molecule has 0 saturated carbocycles. The zero-order valence-corrected chi connectivity index (χ0v) is 11.8. The van der Waals surface area contributed by atoms with E-state index in [2.05, 4.69) is 10.3 Å². The molecule has 1 unspecified atom stereocenters. The number of nitrogens with two attached hydrogens (primary N) is 1. The first-order valence-corrected chi connectivity index (χ1v) is 6.27. The van der Waals surface area contributed by atoms with Crippen molar-refractivity contribution in [2.24, 2.45) is 5.73 Å². The molecule has 19 heavy (non-hydrogen) atoms. The van der Waals surface area contributed by atoms with Crippen LogP contribution in [0.1, 0.15) is 30.5 Å². The fourth-order valence-corrected chi connectivity index (χ4v) is 2.00. The summed E-state index contributed by atoms with van der Waals surface area (Å²) in [5.74, 6) is -0.374. The lowest BCUT2D eigenvalue weighted by Crippen LogP contribution is -2.40. The van der Waals surface area contributed by atoms with Crippen molar-refractivity contribution in [2.45, 2.75) is 38.5 Å². The molecule has 9 heteroatoms. The number of alkyl halides is 3. The Morgan fingerprint density at radius 2 is 2.21 bits per heavy atom. The number of nitrogens with zero attached hydrogens (tertiary/aromatic N) is 1. The first-order chi connectivity index (χ1) is 8.34. The molecule has 110 valence electrons. The summed E-state index contributed by atoms with van der Waals surface area (Å²) in [5, 5.41) is 3.60. The number of rotatable bonds is 5. The lowest BCUT2D eigenvalue weighted by atomic mass is 10.2. The molecule has 0 bridgehead atoms. The van der Waals surface area contributed by atoms with Crippen LogP contribution in [-0.4, -0.2) is 16.9 Å². The standard InChI is InChI=1S/C10H14F3N3OS.ClH/c1-2-3-6(14)9(17)15-4-8-16-7(5-18-8)10(11,12)13;/h5-6H,2-4,14H2,1H3,(H,15,17);1H. The quantitative estimate of drug-likeness (QED) is 0.876. The Morgan fingerprint density at radius 3 is 2.68 bits per heavy atom. The molecule has 1 rings (SSSR count). The van der Waals surface area contributed by atoms with E-state index >= 15 is 0 Å². The minimum Gasteiger partial charge on any atom is -0.348 e. The molecule has 1 aromatic rings. The van der Waals surface area contributed by atoms with Crippen LogP contribution in [0.5, 0.6) is 0 Å². The molecule has 0 aliphatic carbocycles. The zero-order valence-electron chi connectivity index (χ0n) is 10.2. The predicted molar refractivity (Wildman–Crippen MR) is 69.1 cm³/mol. The number of halogens is 4. The smallest absolute Gasteiger partial charge is 0.348 e. The van der Waals surface area contributed by atoms with Crippen LogP contribution >= 0.6 is 23.7 Å². The third-order valence-electron chi connectivity index (χ3n) is 2.19. The highest BCUT2D eigenvalue weighted by Gasteiger charge is 2.33. The van der Waals surface area contributed by atoms with Gasteiger partial charge in [0.05, 0.1) is 12.6 Å². The summed E-state index contributed by atoms with van der Waals surface area (Å²) in [7, 11) is 0. The Morgan fingerprint density at radius 1 is 1.58 bits per heavy atom. The van der Waals surface area contributed by atoms with Crippen molar-refractivity contribution in [2.75, 3.05) is 0 Å². The monoisotopic (exact) mass is 317 g/mol. The van der Waals surface area contributed by atoms with E-state index in [1.807, 2.05) is 6.92 Å². The molecule has 0 radical (unpaired) electrons. The van der Waals surface area contributed by atoms with E-state index in [-0.39, 0.29) is 29.9 Å². The molecule has 0 aliphatic rings. The molecule has 0 aromatic carbocycles. The minimum absolute atomic E-state index is 0. The molecule has 0 saturated heterocycles. The van der Waals surface area contributed by atoms with Gasteiger partial charge in [0.15, 0.2) is 5.69 Å². The Labute approximate surface area is 119 Å². The average molecular weight is 318 g/mol. The van der Waals surface area contributed by atoms with Crippen molar-refractivity contribution in [1.82, 2.24) is 10.3 Å². The van der Waals surface area contributed by atoms with Crippen LogP contribution in [0.3, 0.4) is 0 Å². The maximum atomic E-state index is 12.3. The van der Waals surface area contributed by atoms with Crippen LogP contribution in [0.15, 0.2) is 5.38 Å². The highest BCUT2D eigenvalue weighted by atomic mass is 35.5. The van der Waals surface area contributed by atoms with Crippen molar-refractivity contribution < 1.29 is 18.0 Å². The summed E-state index contributed by atoms with van der Waals surface area (Å²) in [6, 6.07) is -0.628. The van der Waals surface area contributed by atoms with Gasteiger partial charge in [0.25, 0.3) is 0 Å². The zero-order chi connectivity index (χ0) is 13.8. The summed E-state index contributed by atoms with van der Waals surface area (Å²) in [4.78, 5) is 14.8. The van der Waals surface area contributed by atoms with E-state index in [9.17, 15) is 18.0 Å².